The minimum Gasteiger partial charge on any atom is -0.484 e. The molecule has 2 amide bonds. The van der Waals surface area contributed by atoms with Crippen molar-refractivity contribution in [2.45, 2.75) is 19.0 Å². The summed E-state index contributed by atoms with van der Waals surface area (Å²) in [4.78, 5) is 27.8. The van der Waals surface area contributed by atoms with Gasteiger partial charge in [0.2, 0.25) is 5.91 Å². The molecule has 0 saturated carbocycles. The van der Waals surface area contributed by atoms with E-state index in [0.29, 0.717) is 18.7 Å². The van der Waals surface area contributed by atoms with E-state index in [9.17, 15) is 9.59 Å². The maximum absolute atomic E-state index is 13.3. The van der Waals surface area contributed by atoms with Crippen molar-refractivity contribution in [3.8, 4) is 5.75 Å². The van der Waals surface area contributed by atoms with Crippen LogP contribution in [0.1, 0.15) is 11.1 Å². The number of nitrogens with zero attached hydrogens (tertiary/aromatic N) is 1. The fraction of sp³-hybridized carbons (Fsp3) is 0.200. The molecule has 1 atom stereocenters. The molecule has 0 unspecified atom stereocenters. The van der Waals surface area contributed by atoms with Gasteiger partial charge in [-0.15, -0.1) is 0 Å². The number of carbonyl (C=O) groups is 2. The molecule has 0 aromatic heterocycles. The molecule has 3 rings (SSSR count). The Kier molecular flexibility index (Phi) is 9.11. The van der Waals surface area contributed by atoms with E-state index in [-0.39, 0.29) is 18.4 Å². The van der Waals surface area contributed by atoms with Crippen LogP contribution < -0.4 is 10.1 Å². The zero-order valence-electron chi connectivity index (χ0n) is 17.6. The zero-order valence-corrected chi connectivity index (χ0v) is 21.4. The van der Waals surface area contributed by atoms with Crippen LogP contribution in [0.25, 0.3) is 0 Å². The first-order valence-electron chi connectivity index (χ1n) is 10.1. The highest BCUT2D eigenvalue weighted by Gasteiger charge is 2.30. The third kappa shape index (κ3) is 7.06. The second-order valence-electron chi connectivity index (χ2n) is 7.21. The highest BCUT2D eigenvalue weighted by molar-refractivity contribution is 14.1. The SMILES string of the molecule is CNC(=O)[C@@H](Cc1ccccc1)N(Cc1cccc(Br)c1)C(=O)COc1ccc(I)cc1. The molecule has 32 heavy (non-hydrogen) atoms. The van der Waals surface area contributed by atoms with Crippen molar-refractivity contribution in [2.75, 3.05) is 13.7 Å². The van der Waals surface area contributed by atoms with Crippen LogP contribution in [-0.4, -0.2) is 36.4 Å². The van der Waals surface area contributed by atoms with E-state index in [1.807, 2.05) is 78.9 Å². The van der Waals surface area contributed by atoms with Crippen LogP contribution in [0.2, 0.25) is 0 Å². The van der Waals surface area contributed by atoms with E-state index in [1.54, 1.807) is 11.9 Å². The second kappa shape index (κ2) is 12.0. The summed E-state index contributed by atoms with van der Waals surface area (Å²) < 4.78 is 7.74. The molecular formula is C25H24BrIN2O3. The molecule has 5 nitrogen and oxygen atoms in total. The second-order valence-corrected chi connectivity index (χ2v) is 9.38. The number of benzene rings is 3. The van der Waals surface area contributed by atoms with Crippen molar-refractivity contribution in [3.05, 3.63) is 98.0 Å². The predicted octanol–water partition coefficient (Wildman–Crippen LogP) is 4.82. The molecule has 0 aliphatic heterocycles. The fourth-order valence-electron chi connectivity index (χ4n) is 3.31. The summed E-state index contributed by atoms with van der Waals surface area (Å²) in [6, 6.07) is 24.2. The van der Waals surface area contributed by atoms with E-state index in [2.05, 4.69) is 43.8 Å². The van der Waals surface area contributed by atoms with Crippen LogP contribution in [-0.2, 0) is 22.6 Å². The molecule has 1 N–H and O–H groups in total. The van der Waals surface area contributed by atoms with E-state index < -0.39 is 6.04 Å². The standard InChI is InChI=1S/C25H24BrIN2O3/c1-28-25(31)23(15-18-6-3-2-4-7-18)29(16-19-8-5-9-20(26)14-19)24(30)17-32-22-12-10-21(27)11-13-22/h2-14,23H,15-17H2,1H3,(H,28,31)/t23-/m1/s1. The Morgan fingerprint density at radius 1 is 1.00 bits per heavy atom. The third-order valence-electron chi connectivity index (χ3n) is 4.94. The van der Waals surface area contributed by atoms with Gasteiger partial charge in [-0.2, -0.15) is 0 Å². The minimum absolute atomic E-state index is 0.156. The van der Waals surface area contributed by atoms with Gasteiger partial charge in [0.15, 0.2) is 6.61 Å². The van der Waals surface area contributed by atoms with Crippen LogP contribution in [0.3, 0.4) is 0 Å². The topological polar surface area (TPSA) is 58.6 Å². The molecule has 166 valence electrons. The smallest absolute Gasteiger partial charge is 0.261 e. The van der Waals surface area contributed by atoms with Crippen molar-refractivity contribution in [2.24, 2.45) is 0 Å². The maximum Gasteiger partial charge on any atom is 0.261 e. The minimum atomic E-state index is -0.672. The molecule has 3 aromatic carbocycles. The van der Waals surface area contributed by atoms with Crippen molar-refractivity contribution < 1.29 is 14.3 Å². The van der Waals surface area contributed by atoms with Gasteiger partial charge in [0.05, 0.1) is 0 Å². The number of likely N-dealkylation sites (N-methyl/N-ethyl adjacent to an activating group) is 1. The fourth-order valence-corrected chi connectivity index (χ4v) is 4.12. The molecule has 7 heteroatoms. The molecule has 0 saturated heterocycles. The van der Waals surface area contributed by atoms with Crippen LogP contribution in [0.15, 0.2) is 83.3 Å². The van der Waals surface area contributed by atoms with Crippen molar-refractivity contribution >= 4 is 50.3 Å². The largest absolute Gasteiger partial charge is 0.484 e. The maximum atomic E-state index is 13.3. The van der Waals surface area contributed by atoms with Gasteiger partial charge in [-0.1, -0.05) is 58.4 Å². The quantitative estimate of drug-likeness (QED) is 0.356. The summed E-state index contributed by atoms with van der Waals surface area (Å²) in [5.41, 5.74) is 1.90. The summed E-state index contributed by atoms with van der Waals surface area (Å²) in [5, 5.41) is 2.71. The number of ether oxygens (including phenoxy) is 1. The first kappa shape index (κ1) is 24.3. The Morgan fingerprint density at radius 3 is 2.34 bits per heavy atom. The lowest BCUT2D eigenvalue weighted by Gasteiger charge is -2.31. The average Bonchev–Trinajstić information content (AvgIpc) is 2.81. The van der Waals surface area contributed by atoms with Gasteiger partial charge in [0.25, 0.3) is 5.91 Å². The van der Waals surface area contributed by atoms with E-state index in [0.717, 1.165) is 19.2 Å². The lowest BCUT2D eigenvalue weighted by atomic mass is 10.0. The molecule has 0 aliphatic rings. The van der Waals surface area contributed by atoms with Crippen molar-refractivity contribution in [3.63, 3.8) is 0 Å². The number of amides is 2. The third-order valence-corrected chi connectivity index (χ3v) is 6.15. The first-order valence-corrected chi connectivity index (χ1v) is 12.0. The molecule has 3 aromatic rings. The Labute approximate surface area is 210 Å². The Morgan fingerprint density at radius 2 is 1.69 bits per heavy atom. The molecule has 0 aliphatic carbocycles. The Hall–Kier alpha value is -2.39. The molecule has 0 fully saturated rings. The van der Waals surface area contributed by atoms with Gasteiger partial charge in [-0.25, -0.2) is 0 Å². The Balaban J connectivity index is 1.86. The van der Waals surface area contributed by atoms with E-state index >= 15 is 0 Å². The van der Waals surface area contributed by atoms with E-state index in [1.165, 1.54) is 0 Å². The van der Waals surface area contributed by atoms with Gasteiger partial charge >= 0.3 is 0 Å². The average molecular weight is 607 g/mol. The highest BCUT2D eigenvalue weighted by Crippen LogP contribution is 2.19. The number of carbonyl (C=O) groups excluding carboxylic acids is 2. The van der Waals surface area contributed by atoms with Crippen molar-refractivity contribution in [1.29, 1.82) is 0 Å². The number of rotatable bonds is 9. The summed E-state index contributed by atoms with van der Waals surface area (Å²) in [6.07, 6.45) is 0.407. The molecule has 0 heterocycles. The van der Waals surface area contributed by atoms with Gasteiger partial charge in [-0.05, 0) is 70.1 Å². The lowest BCUT2D eigenvalue weighted by Crippen LogP contribution is -2.51. The summed E-state index contributed by atoms with van der Waals surface area (Å²) in [7, 11) is 1.59. The number of halogens is 2. The predicted molar refractivity (Wildman–Crippen MR) is 137 cm³/mol. The summed E-state index contributed by atoms with van der Waals surface area (Å²) in [6.45, 7) is 0.135. The number of hydrogen-bond donors (Lipinski definition) is 1. The molecule has 0 radical (unpaired) electrons. The van der Waals surface area contributed by atoms with Crippen LogP contribution in [0, 0.1) is 3.57 Å². The first-order chi connectivity index (χ1) is 15.5. The molecule has 0 bridgehead atoms. The zero-order chi connectivity index (χ0) is 22.9. The summed E-state index contributed by atoms with van der Waals surface area (Å²) in [5.74, 6) is 0.139. The van der Waals surface area contributed by atoms with Crippen LogP contribution in [0.4, 0.5) is 0 Å². The van der Waals surface area contributed by atoms with Gasteiger partial charge in [0, 0.05) is 28.1 Å². The van der Waals surface area contributed by atoms with Gasteiger partial charge in [0.1, 0.15) is 11.8 Å². The number of nitrogens with one attached hydrogen (secondary N) is 1. The molecule has 0 spiro atoms. The van der Waals surface area contributed by atoms with E-state index in [4.69, 9.17) is 4.74 Å². The van der Waals surface area contributed by atoms with Crippen molar-refractivity contribution in [1.82, 2.24) is 10.2 Å². The van der Waals surface area contributed by atoms with Crippen LogP contribution in [0.5, 0.6) is 5.75 Å². The lowest BCUT2D eigenvalue weighted by molar-refractivity contribution is -0.142. The van der Waals surface area contributed by atoms with Crippen LogP contribution >= 0.6 is 38.5 Å². The van der Waals surface area contributed by atoms with Gasteiger partial charge in [-0.3, -0.25) is 9.59 Å². The monoisotopic (exact) mass is 606 g/mol. The normalized spacial score (nSPS) is 11.5. The summed E-state index contributed by atoms with van der Waals surface area (Å²) >= 11 is 5.70. The van der Waals surface area contributed by atoms with Gasteiger partial charge < -0.3 is 15.0 Å². The molecular weight excluding hydrogens is 583 g/mol. The number of hydrogen-bond acceptors (Lipinski definition) is 3. The Bertz CT molecular complexity index is 1040. The highest BCUT2D eigenvalue weighted by atomic mass is 127.